The van der Waals surface area contributed by atoms with Crippen molar-refractivity contribution in [3.05, 3.63) is 34.9 Å². The monoisotopic (exact) mass is 282 g/mol. The summed E-state index contributed by atoms with van der Waals surface area (Å²) in [5.74, 6) is 0. The zero-order valence-corrected chi connectivity index (χ0v) is 11.8. The molecule has 2 N–H and O–H groups in total. The van der Waals surface area contributed by atoms with E-state index in [1.165, 1.54) is 0 Å². The van der Waals surface area contributed by atoms with Crippen LogP contribution in [0.4, 0.5) is 4.79 Å². The molecule has 0 saturated carbocycles. The van der Waals surface area contributed by atoms with Gasteiger partial charge < -0.3 is 10.5 Å². The summed E-state index contributed by atoms with van der Waals surface area (Å²) < 4.78 is 5.19. The lowest BCUT2D eigenvalue weighted by atomic mass is 9.95. The van der Waals surface area contributed by atoms with E-state index in [1.54, 1.807) is 4.90 Å². The average molecular weight is 283 g/mol. The molecule has 4 nitrogen and oxygen atoms in total. The maximum Gasteiger partial charge on any atom is 0.410 e. The van der Waals surface area contributed by atoms with Gasteiger partial charge in [0.15, 0.2) is 0 Å². The van der Waals surface area contributed by atoms with Crippen LogP contribution in [0.15, 0.2) is 24.3 Å². The molecule has 1 aromatic carbocycles. The molecule has 1 aliphatic heterocycles. The summed E-state index contributed by atoms with van der Waals surface area (Å²) >= 11 is 6.15. The number of hydrogen-bond acceptors (Lipinski definition) is 3. The van der Waals surface area contributed by atoms with Gasteiger partial charge >= 0.3 is 6.09 Å². The Balaban J connectivity index is 2.16. The van der Waals surface area contributed by atoms with Gasteiger partial charge in [-0.2, -0.15) is 0 Å². The van der Waals surface area contributed by atoms with Gasteiger partial charge in [-0.3, -0.25) is 4.90 Å². The minimum absolute atomic E-state index is 0.278. The summed E-state index contributed by atoms with van der Waals surface area (Å²) in [5.41, 5.74) is 6.19. The first-order valence-electron chi connectivity index (χ1n) is 6.45. The smallest absolute Gasteiger partial charge is 0.410 e. The van der Waals surface area contributed by atoms with Crippen molar-refractivity contribution >= 4 is 17.7 Å². The Labute approximate surface area is 118 Å². The Morgan fingerprint density at radius 2 is 2.21 bits per heavy atom. The number of carbonyl (C=O) groups excluding carboxylic acids is 1. The van der Waals surface area contributed by atoms with E-state index in [4.69, 9.17) is 22.1 Å². The van der Waals surface area contributed by atoms with Crippen LogP contribution < -0.4 is 5.73 Å². The van der Waals surface area contributed by atoms with Crippen molar-refractivity contribution in [3.63, 3.8) is 0 Å². The first kappa shape index (κ1) is 14.2. The highest BCUT2D eigenvalue weighted by Crippen LogP contribution is 2.31. The van der Waals surface area contributed by atoms with Crippen molar-refractivity contribution in [2.24, 2.45) is 5.73 Å². The van der Waals surface area contributed by atoms with E-state index in [0.29, 0.717) is 24.7 Å². The molecule has 1 aliphatic rings. The highest BCUT2D eigenvalue weighted by molar-refractivity contribution is 6.31. The number of halogens is 1. The van der Waals surface area contributed by atoms with E-state index in [1.807, 2.05) is 31.2 Å². The summed E-state index contributed by atoms with van der Waals surface area (Å²) in [6.45, 7) is 3.53. The summed E-state index contributed by atoms with van der Waals surface area (Å²) in [7, 11) is 0. The maximum absolute atomic E-state index is 11.9. The molecule has 104 valence electrons. The van der Waals surface area contributed by atoms with Crippen LogP contribution in [0.3, 0.4) is 0 Å². The van der Waals surface area contributed by atoms with Gasteiger partial charge in [-0.15, -0.1) is 0 Å². The third-order valence-electron chi connectivity index (χ3n) is 3.58. The molecule has 1 heterocycles. The second-order valence-corrected chi connectivity index (χ2v) is 5.53. The van der Waals surface area contributed by atoms with Gasteiger partial charge in [-0.05, 0) is 37.9 Å². The minimum Gasteiger partial charge on any atom is -0.447 e. The number of amides is 1. The molecule has 0 spiro atoms. The van der Waals surface area contributed by atoms with Crippen molar-refractivity contribution < 1.29 is 9.53 Å². The molecule has 1 atom stereocenters. The van der Waals surface area contributed by atoms with Gasteiger partial charge in [0, 0.05) is 5.02 Å². The molecule has 1 unspecified atom stereocenters. The molecule has 0 radical (unpaired) electrons. The molecule has 5 heteroatoms. The first-order valence-corrected chi connectivity index (χ1v) is 6.82. The average Bonchev–Trinajstić information content (AvgIpc) is 2.68. The maximum atomic E-state index is 11.9. The fourth-order valence-electron chi connectivity index (χ4n) is 2.34. The second kappa shape index (κ2) is 5.80. The lowest BCUT2D eigenvalue weighted by molar-refractivity contribution is 0.147. The predicted molar refractivity (Wildman–Crippen MR) is 75.0 cm³/mol. The third kappa shape index (κ3) is 3.01. The van der Waals surface area contributed by atoms with Crippen LogP contribution in [0.2, 0.25) is 5.02 Å². The Hall–Kier alpha value is -1.26. The highest BCUT2D eigenvalue weighted by atomic mass is 35.5. The van der Waals surface area contributed by atoms with Crippen molar-refractivity contribution in [2.75, 3.05) is 13.2 Å². The van der Waals surface area contributed by atoms with Gasteiger partial charge in [0.25, 0.3) is 0 Å². The summed E-state index contributed by atoms with van der Waals surface area (Å²) in [6, 6.07) is 7.55. The van der Waals surface area contributed by atoms with Crippen LogP contribution >= 0.6 is 11.6 Å². The fourth-order valence-corrected chi connectivity index (χ4v) is 2.53. The van der Waals surface area contributed by atoms with Crippen LogP contribution in [0.25, 0.3) is 0 Å². The molecular formula is C14H19ClN2O2. The normalized spacial score (nSPS) is 22.7. The molecule has 1 amide bonds. The number of carbonyl (C=O) groups is 1. The van der Waals surface area contributed by atoms with E-state index in [-0.39, 0.29) is 11.6 Å². The van der Waals surface area contributed by atoms with E-state index >= 15 is 0 Å². The third-order valence-corrected chi connectivity index (χ3v) is 3.95. The number of rotatable bonds is 5. The first-order chi connectivity index (χ1) is 9.07. The largest absolute Gasteiger partial charge is 0.447 e. The van der Waals surface area contributed by atoms with Crippen LogP contribution in [0.1, 0.15) is 25.3 Å². The van der Waals surface area contributed by atoms with Gasteiger partial charge in [0.1, 0.15) is 6.61 Å². The molecular weight excluding hydrogens is 264 g/mol. The highest BCUT2D eigenvalue weighted by Gasteiger charge is 2.43. The van der Waals surface area contributed by atoms with E-state index in [2.05, 4.69) is 0 Å². The van der Waals surface area contributed by atoms with E-state index in [0.717, 1.165) is 18.4 Å². The minimum atomic E-state index is -0.296. The van der Waals surface area contributed by atoms with Gasteiger partial charge in [-0.25, -0.2) is 4.79 Å². The number of nitrogens with two attached hydrogens (primary N) is 1. The molecule has 1 aromatic rings. The molecule has 0 aromatic heterocycles. The van der Waals surface area contributed by atoms with Crippen molar-refractivity contribution in [1.29, 1.82) is 0 Å². The number of benzene rings is 1. The molecule has 1 saturated heterocycles. The summed E-state index contributed by atoms with van der Waals surface area (Å²) in [5, 5.41) is 0.670. The molecule has 19 heavy (non-hydrogen) atoms. The summed E-state index contributed by atoms with van der Waals surface area (Å²) in [6.07, 6.45) is 1.42. The number of cyclic esters (lactones) is 1. The number of hydrogen-bond donors (Lipinski definition) is 1. The van der Waals surface area contributed by atoms with Gasteiger partial charge in [0.2, 0.25) is 0 Å². The SMILES string of the molecule is CC1(CCCN)COC(=O)N1Cc1ccccc1Cl. The fraction of sp³-hybridized carbons (Fsp3) is 0.500. The molecule has 0 bridgehead atoms. The summed E-state index contributed by atoms with van der Waals surface area (Å²) in [4.78, 5) is 13.7. The lowest BCUT2D eigenvalue weighted by Gasteiger charge is -2.32. The Bertz CT molecular complexity index is 467. The Morgan fingerprint density at radius 3 is 2.89 bits per heavy atom. The van der Waals surface area contributed by atoms with Crippen molar-refractivity contribution in [2.45, 2.75) is 31.8 Å². The zero-order chi connectivity index (χ0) is 13.9. The van der Waals surface area contributed by atoms with Crippen molar-refractivity contribution in [3.8, 4) is 0 Å². The Morgan fingerprint density at radius 1 is 1.47 bits per heavy atom. The quantitative estimate of drug-likeness (QED) is 0.903. The number of ether oxygens (including phenoxy) is 1. The van der Waals surface area contributed by atoms with Crippen LogP contribution in [0.5, 0.6) is 0 Å². The van der Waals surface area contributed by atoms with Crippen LogP contribution in [0, 0.1) is 0 Å². The van der Waals surface area contributed by atoms with Gasteiger partial charge in [0.05, 0.1) is 12.1 Å². The second-order valence-electron chi connectivity index (χ2n) is 5.12. The van der Waals surface area contributed by atoms with E-state index < -0.39 is 0 Å². The molecule has 0 aliphatic carbocycles. The standard InChI is InChI=1S/C14H19ClN2O2/c1-14(7-4-8-16)10-19-13(18)17(14)9-11-5-2-3-6-12(11)15/h2-3,5-6H,4,7-10,16H2,1H3. The van der Waals surface area contributed by atoms with Crippen LogP contribution in [-0.2, 0) is 11.3 Å². The molecule has 2 rings (SSSR count). The van der Waals surface area contributed by atoms with Crippen LogP contribution in [-0.4, -0.2) is 29.7 Å². The predicted octanol–water partition coefficient (Wildman–Crippen LogP) is 2.79. The molecule has 1 fully saturated rings. The van der Waals surface area contributed by atoms with Gasteiger partial charge in [-0.1, -0.05) is 29.8 Å². The number of nitrogens with zero attached hydrogens (tertiary/aromatic N) is 1. The zero-order valence-electron chi connectivity index (χ0n) is 11.1. The van der Waals surface area contributed by atoms with Crippen molar-refractivity contribution in [1.82, 2.24) is 4.90 Å². The Kier molecular flexibility index (Phi) is 4.32. The van der Waals surface area contributed by atoms with E-state index in [9.17, 15) is 4.79 Å². The lowest BCUT2D eigenvalue weighted by Crippen LogP contribution is -2.44. The topological polar surface area (TPSA) is 55.6 Å².